The van der Waals surface area contributed by atoms with E-state index in [1.165, 1.54) is 6.07 Å². The molecular formula is C29H35F2N3O4. The number of amides is 3. The van der Waals surface area contributed by atoms with Crippen LogP contribution in [-0.2, 0) is 25.7 Å². The van der Waals surface area contributed by atoms with Gasteiger partial charge in [-0.25, -0.2) is 8.78 Å². The molecule has 7 nitrogen and oxygen atoms in total. The number of hydrogen-bond acceptors (Lipinski definition) is 4. The summed E-state index contributed by atoms with van der Waals surface area (Å²) in [6.45, 7) is 4.24. The number of primary amides is 1. The highest BCUT2D eigenvalue weighted by Gasteiger charge is 2.56. The van der Waals surface area contributed by atoms with Crippen LogP contribution in [0.25, 0.3) is 0 Å². The fraction of sp³-hybridized carbons (Fsp3) is 0.483. The van der Waals surface area contributed by atoms with E-state index in [2.05, 4.69) is 0 Å². The van der Waals surface area contributed by atoms with Crippen molar-refractivity contribution in [3.8, 4) is 0 Å². The van der Waals surface area contributed by atoms with E-state index in [4.69, 9.17) is 10.5 Å². The molecule has 9 heteroatoms. The second kappa shape index (κ2) is 10.8. The fourth-order valence-electron chi connectivity index (χ4n) is 5.81. The highest BCUT2D eigenvalue weighted by molar-refractivity contribution is 5.91. The lowest BCUT2D eigenvalue weighted by molar-refractivity contribution is -0.154. The molecule has 3 atom stereocenters. The number of likely N-dealkylation sites (tertiary alicyclic amines) is 2. The van der Waals surface area contributed by atoms with E-state index in [1.807, 2.05) is 30.3 Å². The maximum Gasteiger partial charge on any atom is 0.231 e. The summed E-state index contributed by atoms with van der Waals surface area (Å²) < 4.78 is 32.6. The molecule has 2 aromatic carbocycles. The zero-order valence-corrected chi connectivity index (χ0v) is 22.1. The summed E-state index contributed by atoms with van der Waals surface area (Å²) in [5.74, 6) is -3.89. The average molecular weight is 528 g/mol. The molecule has 0 radical (unpaired) electrons. The number of halogens is 2. The third-order valence-corrected chi connectivity index (χ3v) is 8.28. The van der Waals surface area contributed by atoms with Crippen molar-refractivity contribution in [2.45, 2.75) is 39.2 Å². The Labute approximate surface area is 221 Å². The predicted octanol–water partition coefficient (Wildman–Crippen LogP) is 3.47. The number of ether oxygens (including phenoxy) is 1. The molecule has 2 aliphatic heterocycles. The summed E-state index contributed by atoms with van der Waals surface area (Å²) in [4.78, 5) is 43.3. The fourth-order valence-corrected chi connectivity index (χ4v) is 5.81. The lowest BCUT2D eigenvalue weighted by atomic mass is 9.68. The van der Waals surface area contributed by atoms with Crippen molar-refractivity contribution in [2.75, 3.05) is 33.3 Å². The number of carbonyl (C=O) groups is 3. The molecule has 2 aliphatic rings. The molecule has 3 amide bonds. The van der Waals surface area contributed by atoms with Crippen molar-refractivity contribution in [3.63, 3.8) is 0 Å². The number of benzene rings is 2. The van der Waals surface area contributed by atoms with Crippen LogP contribution in [0, 0.1) is 28.4 Å². The average Bonchev–Trinajstić information content (AvgIpc) is 3.13. The van der Waals surface area contributed by atoms with Gasteiger partial charge in [0.25, 0.3) is 0 Å². The minimum atomic E-state index is -1.24. The highest BCUT2D eigenvalue weighted by atomic mass is 19.2. The zero-order valence-electron chi connectivity index (χ0n) is 22.1. The first-order chi connectivity index (χ1) is 18.0. The van der Waals surface area contributed by atoms with Gasteiger partial charge in [0.15, 0.2) is 11.6 Å². The third kappa shape index (κ3) is 5.16. The Morgan fingerprint density at radius 3 is 2.53 bits per heavy atom. The SMILES string of the molecule is CN1CC(c2ccccc2)C2(CCCN(C(=O)[C@@H](COCc3ccc(F)c(F)c3)C(C)(C)C(N)=O)C2)C1=O. The second-order valence-electron chi connectivity index (χ2n) is 11.1. The van der Waals surface area contributed by atoms with Gasteiger partial charge in [-0.05, 0) is 36.1 Å². The smallest absolute Gasteiger partial charge is 0.231 e. The Kier molecular flexibility index (Phi) is 7.88. The molecule has 2 heterocycles. The minimum Gasteiger partial charge on any atom is -0.376 e. The molecular weight excluding hydrogens is 492 g/mol. The molecule has 2 fully saturated rings. The van der Waals surface area contributed by atoms with Gasteiger partial charge in [-0.1, -0.05) is 50.2 Å². The van der Waals surface area contributed by atoms with Crippen molar-refractivity contribution in [1.29, 1.82) is 0 Å². The molecule has 2 aromatic rings. The van der Waals surface area contributed by atoms with Crippen LogP contribution < -0.4 is 5.73 Å². The summed E-state index contributed by atoms with van der Waals surface area (Å²) in [6, 6.07) is 13.3. The van der Waals surface area contributed by atoms with E-state index in [1.54, 1.807) is 30.7 Å². The van der Waals surface area contributed by atoms with Crippen LogP contribution in [0.2, 0.25) is 0 Å². The minimum absolute atomic E-state index is 0.0177. The van der Waals surface area contributed by atoms with E-state index >= 15 is 0 Å². The number of hydrogen-bond donors (Lipinski definition) is 1. The summed E-state index contributed by atoms with van der Waals surface area (Å²) in [6.07, 6.45) is 1.31. The lowest BCUT2D eigenvalue weighted by Gasteiger charge is -2.44. The van der Waals surface area contributed by atoms with Gasteiger partial charge in [-0.2, -0.15) is 0 Å². The molecule has 204 valence electrons. The van der Waals surface area contributed by atoms with E-state index in [0.29, 0.717) is 31.5 Å². The first-order valence-corrected chi connectivity index (χ1v) is 12.9. The standard InChI is InChI=1S/C29H35F2N3O4/c1-28(2,26(32)36)22(17-38-16-19-10-11-23(30)24(31)14-19)25(35)34-13-7-12-29(18-34)21(15-33(3)27(29)37)20-8-5-4-6-9-20/h4-6,8-11,14,21-22H,7,12-13,15-18H2,1-3H3,(H2,32,36)/t21?,22-,29?/m1/s1. The summed E-state index contributed by atoms with van der Waals surface area (Å²) >= 11 is 0. The van der Waals surface area contributed by atoms with Crippen molar-refractivity contribution in [3.05, 3.63) is 71.3 Å². The van der Waals surface area contributed by atoms with Gasteiger partial charge >= 0.3 is 0 Å². The Morgan fingerprint density at radius 2 is 1.87 bits per heavy atom. The number of nitrogens with two attached hydrogens (primary N) is 1. The lowest BCUT2D eigenvalue weighted by Crippen LogP contribution is -2.56. The van der Waals surface area contributed by atoms with Crippen LogP contribution in [-0.4, -0.2) is 60.8 Å². The number of rotatable bonds is 8. The Morgan fingerprint density at radius 1 is 1.16 bits per heavy atom. The molecule has 2 unspecified atom stereocenters. The van der Waals surface area contributed by atoms with Gasteiger partial charge in [0.1, 0.15) is 0 Å². The molecule has 0 bridgehead atoms. The highest BCUT2D eigenvalue weighted by Crippen LogP contribution is 2.49. The van der Waals surface area contributed by atoms with E-state index < -0.39 is 34.3 Å². The maximum absolute atomic E-state index is 14.0. The van der Waals surface area contributed by atoms with Crippen molar-refractivity contribution < 1.29 is 27.9 Å². The van der Waals surface area contributed by atoms with Crippen LogP contribution in [0.5, 0.6) is 0 Å². The summed E-state index contributed by atoms with van der Waals surface area (Å²) in [5, 5.41) is 0. The van der Waals surface area contributed by atoms with Crippen LogP contribution in [0.4, 0.5) is 8.78 Å². The van der Waals surface area contributed by atoms with Crippen LogP contribution >= 0.6 is 0 Å². The molecule has 2 N–H and O–H groups in total. The van der Waals surface area contributed by atoms with Gasteiger partial charge in [0.2, 0.25) is 17.7 Å². The Balaban J connectivity index is 1.56. The monoisotopic (exact) mass is 527 g/mol. The van der Waals surface area contributed by atoms with E-state index in [-0.39, 0.29) is 37.5 Å². The molecule has 0 saturated carbocycles. The van der Waals surface area contributed by atoms with Crippen molar-refractivity contribution >= 4 is 17.7 Å². The van der Waals surface area contributed by atoms with Gasteiger partial charge in [-0.3, -0.25) is 14.4 Å². The molecule has 4 rings (SSSR count). The maximum atomic E-state index is 14.0. The molecule has 1 spiro atoms. The molecule has 0 aliphatic carbocycles. The first kappa shape index (κ1) is 27.7. The summed E-state index contributed by atoms with van der Waals surface area (Å²) in [5.41, 5.74) is 5.15. The van der Waals surface area contributed by atoms with Crippen molar-refractivity contribution in [2.24, 2.45) is 22.5 Å². The Bertz CT molecular complexity index is 1210. The van der Waals surface area contributed by atoms with Crippen molar-refractivity contribution in [1.82, 2.24) is 9.80 Å². The van der Waals surface area contributed by atoms with Gasteiger partial charge in [0, 0.05) is 32.6 Å². The number of piperidine rings is 1. The number of carbonyl (C=O) groups excluding carboxylic acids is 3. The van der Waals surface area contributed by atoms with Gasteiger partial charge in [0.05, 0.1) is 30.0 Å². The normalized spacial score (nSPS) is 22.7. The van der Waals surface area contributed by atoms with E-state index in [0.717, 1.165) is 17.7 Å². The molecule has 2 saturated heterocycles. The quantitative estimate of drug-likeness (QED) is 0.569. The number of likely N-dealkylation sites (N-methyl/N-ethyl adjacent to an activating group) is 1. The third-order valence-electron chi connectivity index (χ3n) is 8.28. The van der Waals surface area contributed by atoms with Crippen LogP contribution in [0.3, 0.4) is 0 Å². The van der Waals surface area contributed by atoms with Crippen LogP contribution in [0.15, 0.2) is 48.5 Å². The largest absolute Gasteiger partial charge is 0.376 e. The van der Waals surface area contributed by atoms with E-state index in [9.17, 15) is 23.2 Å². The molecule has 0 aromatic heterocycles. The van der Waals surface area contributed by atoms with Gasteiger partial charge in [-0.15, -0.1) is 0 Å². The predicted molar refractivity (Wildman–Crippen MR) is 138 cm³/mol. The second-order valence-corrected chi connectivity index (χ2v) is 11.1. The topological polar surface area (TPSA) is 92.9 Å². The first-order valence-electron chi connectivity index (χ1n) is 12.9. The Hall–Kier alpha value is -3.33. The molecule has 38 heavy (non-hydrogen) atoms. The number of nitrogens with zero attached hydrogens (tertiary/aromatic N) is 2. The zero-order chi connectivity index (χ0) is 27.7. The van der Waals surface area contributed by atoms with Crippen LogP contribution in [0.1, 0.15) is 43.7 Å². The van der Waals surface area contributed by atoms with Gasteiger partial charge < -0.3 is 20.3 Å². The summed E-state index contributed by atoms with van der Waals surface area (Å²) in [7, 11) is 1.79.